The molecule has 2 aromatic rings. The first-order valence-electron chi connectivity index (χ1n) is 6.50. The fourth-order valence-corrected chi connectivity index (χ4v) is 2.85. The summed E-state index contributed by atoms with van der Waals surface area (Å²) in [4.78, 5) is 17.3. The van der Waals surface area contributed by atoms with Crippen LogP contribution in [0.15, 0.2) is 12.5 Å². The molecule has 0 bridgehead atoms. The van der Waals surface area contributed by atoms with E-state index in [4.69, 9.17) is 9.84 Å². The number of carbonyl (C=O) groups is 1. The zero-order valence-corrected chi connectivity index (χ0v) is 13.0. The number of aromatic nitrogens is 3. The van der Waals surface area contributed by atoms with Crippen molar-refractivity contribution in [3.8, 4) is 10.6 Å². The molecule has 112 valence electrons. The van der Waals surface area contributed by atoms with Crippen LogP contribution in [0, 0.1) is 6.92 Å². The molecule has 0 fully saturated rings. The smallest absolute Gasteiger partial charge is 0.206 e. The highest BCUT2D eigenvalue weighted by Gasteiger charge is 2.20. The number of ether oxygens (including phenoxy) is 1. The third-order valence-electron chi connectivity index (χ3n) is 2.89. The lowest BCUT2D eigenvalue weighted by Crippen LogP contribution is -2.11. The Labute approximate surface area is 126 Å². The van der Waals surface area contributed by atoms with Gasteiger partial charge in [-0.25, -0.2) is 4.98 Å². The Morgan fingerprint density at radius 3 is 3.00 bits per heavy atom. The van der Waals surface area contributed by atoms with Crippen LogP contribution in [-0.2, 0) is 11.8 Å². The van der Waals surface area contributed by atoms with Crippen LogP contribution in [0.1, 0.15) is 28.0 Å². The van der Waals surface area contributed by atoms with E-state index >= 15 is 0 Å². The van der Waals surface area contributed by atoms with Gasteiger partial charge in [-0.1, -0.05) is 0 Å². The van der Waals surface area contributed by atoms with Crippen molar-refractivity contribution in [3.63, 3.8) is 0 Å². The van der Waals surface area contributed by atoms with Crippen LogP contribution in [0.2, 0.25) is 0 Å². The SMILES string of the molecule is CCOC=Cc1sc(-c2cnn(C)c2C(=O)CO)nc1C. The van der Waals surface area contributed by atoms with E-state index in [1.165, 1.54) is 16.0 Å². The second-order valence-electron chi connectivity index (χ2n) is 4.34. The number of ketones is 1. The standard InChI is InChI=1S/C14H17N3O3S/c1-4-20-6-5-12-9(2)16-14(21-12)10-7-15-17(3)13(10)11(19)8-18/h5-7,18H,4,8H2,1-3H3. The number of hydrogen-bond acceptors (Lipinski definition) is 6. The lowest BCUT2D eigenvalue weighted by molar-refractivity contribution is 0.0895. The molecule has 7 heteroatoms. The summed E-state index contributed by atoms with van der Waals surface area (Å²) in [6.45, 7) is 3.88. The number of thiazole rings is 1. The predicted molar refractivity (Wildman–Crippen MR) is 81.1 cm³/mol. The van der Waals surface area contributed by atoms with Gasteiger partial charge in [0, 0.05) is 7.05 Å². The highest BCUT2D eigenvalue weighted by atomic mass is 32.1. The van der Waals surface area contributed by atoms with Gasteiger partial charge in [0.25, 0.3) is 0 Å². The van der Waals surface area contributed by atoms with Gasteiger partial charge in [0.2, 0.25) is 5.78 Å². The first kappa shape index (κ1) is 15.4. The van der Waals surface area contributed by atoms with Crippen molar-refractivity contribution in [2.24, 2.45) is 7.05 Å². The lowest BCUT2D eigenvalue weighted by Gasteiger charge is -2.00. The molecule has 2 heterocycles. The second kappa shape index (κ2) is 6.64. The molecule has 1 N–H and O–H groups in total. The summed E-state index contributed by atoms with van der Waals surface area (Å²) in [7, 11) is 1.67. The van der Waals surface area contributed by atoms with Crippen molar-refractivity contribution in [2.75, 3.05) is 13.2 Å². The molecule has 2 aromatic heterocycles. The Bertz CT molecular complexity index is 673. The predicted octanol–water partition coefficient (Wildman–Crippen LogP) is 2.03. The molecule has 0 saturated carbocycles. The van der Waals surface area contributed by atoms with Crippen LogP contribution in [0.25, 0.3) is 16.6 Å². The molecule has 0 aliphatic carbocycles. The van der Waals surface area contributed by atoms with Crippen molar-refractivity contribution in [1.82, 2.24) is 14.8 Å². The third-order valence-corrected chi connectivity index (χ3v) is 4.05. The van der Waals surface area contributed by atoms with Gasteiger partial charge in [-0.15, -0.1) is 11.3 Å². The largest absolute Gasteiger partial charge is 0.501 e. The maximum absolute atomic E-state index is 11.8. The van der Waals surface area contributed by atoms with Gasteiger partial charge < -0.3 is 9.84 Å². The molecule has 0 spiro atoms. The second-order valence-corrected chi connectivity index (χ2v) is 5.37. The Kier molecular flexibility index (Phi) is 4.87. The zero-order valence-electron chi connectivity index (χ0n) is 12.2. The molecule has 0 aromatic carbocycles. The maximum Gasteiger partial charge on any atom is 0.206 e. The Hall–Kier alpha value is -1.99. The van der Waals surface area contributed by atoms with Crippen LogP contribution in [0.3, 0.4) is 0 Å². The minimum Gasteiger partial charge on any atom is -0.501 e. The molecule has 0 radical (unpaired) electrons. The third kappa shape index (κ3) is 3.20. The Balaban J connectivity index is 2.40. The van der Waals surface area contributed by atoms with Crippen molar-refractivity contribution in [2.45, 2.75) is 13.8 Å². The van der Waals surface area contributed by atoms with Crippen LogP contribution < -0.4 is 0 Å². The molecule has 0 saturated heterocycles. The number of aliphatic hydroxyl groups is 1. The number of aryl methyl sites for hydroxylation is 2. The lowest BCUT2D eigenvalue weighted by atomic mass is 10.2. The van der Waals surface area contributed by atoms with Crippen LogP contribution in [0.4, 0.5) is 0 Å². The van der Waals surface area contributed by atoms with Crippen LogP contribution >= 0.6 is 11.3 Å². The summed E-state index contributed by atoms with van der Waals surface area (Å²) in [5.41, 5.74) is 1.87. The van der Waals surface area contributed by atoms with Gasteiger partial charge in [-0.3, -0.25) is 9.48 Å². The summed E-state index contributed by atoms with van der Waals surface area (Å²) < 4.78 is 6.64. The molecular formula is C14H17N3O3S. The summed E-state index contributed by atoms with van der Waals surface area (Å²) in [5.74, 6) is -0.371. The number of Topliss-reactive ketones (excluding diaryl/α,β-unsaturated/α-hetero) is 1. The normalized spacial score (nSPS) is 11.2. The van der Waals surface area contributed by atoms with E-state index in [0.29, 0.717) is 22.9 Å². The van der Waals surface area contributed by atoms with E-state index < -0.39 is 6.61 Å². The van der Waals surface area contributed by atoms with E-state index in [0.717, 1.165) is 10.6 Å². The van der Waals surface area contributed by atoms with Gasteiger partial charge in [0.15, 0.2) is 0 Å². The highest BCUT2D eigenvalue weighted by Crippen LogP contribution is 2.31. The van der Waals surface area contributed by atoms with Crippen molar-refractivity contribution >= 4 is 23.2 Å². The van der Waals surface area contributed by atoms with Gasteiger partial charge in [-0.2, -0.15) is 5.10 Å². The van der Waals surface area contributed by atoms with Crippen LogP contribution in [0.5, 0.6) is 0 Å². The van der Waals surface area contributed by atoms with Crippen LogP contribution in [-0.4, -0.2) is 38.9 Å². The number of nitrogens with zero attached hydrogens (tertiary/aromatic N) is 3. The van der Waals surface area contributed by atoms with E-state index in [9.17, 15) is 4.79 Å². The first-order chi connectivity index (χ1) is 10.1. The summed E-state index contributed by atoms with van der Waals surface area (Å²) >= 11 is 1.45. The topological polar surface area (TPSA) is 77.2 Å². The minimum atomic E-state index is -0.548. The monoisotopic (exact) mass is 307 g/mol. The minimum absolute atomic E-state index is 0.367. The fraction of sp³-hybridized carbons (Fsp3) is 0.357. The molecular weight excluding hydrogens is 290 g/mol. The molecule has 6 nitrogen and oxygen atoms in total. The van der Waals surface area contributed by atoms with Gasteiger partial charge in [0.05, 0.1) is 35.2 Å². The summed E-state index contributed by atoms with van der Waals surface area (Å²) in [5, 5.41) is 13.9. The van der Waals surface area contributed by atoms with E-state index in [1.807, 2.05) is 19.9 Å². The molecule has 21 heavy (non-hydrogen) atoms. The van der Waals surface area contributed by atoms with Crippen molar-refractivity contribution in [3.05, 3.63) is 28.7 Å². The van der Waals surface area contributed by atoms with Crippen molar-refractivity contribution < 1.29 is 14.6 Å². The number of rotatable bonds is 6. The quantitative estimate of drug-likeness (QED) is 0.652. The highest BCUT2D eigenvalue weighted by molar-refractivity contribution is 7.16. The number of aliphatic hydroxyl groups excluding tert-OH is 1. The van der Waals surface area contributed by atoms with Gasteiger partial charge in [-0.05, 0) is 19.9 Å². The van der Waals surface area contributed by atoms with Gasteiger partial charge in [0.1, 0.15) is 17.3 Å². The molecule has 2 rings (SSSR count). The average molecular weight is 307 g/mol. The summed E-state index contributed by atoms with van der Waals surface area (Å²) in [6, 6.07) is 0. The van der Waals surface area contributed by atoms with Crippen molar-refractivity contribution in [1.29, 1.82) is 0 Å². The summed E-state index contributed by atoms with van der Waals surface area (Å²) in [6.07, 6.45) is 5.08. The van der Waals surface area contributed by atoms with E-state index in [1.54, 1.807) is 19.5 Å². The zero-order chi connectivity index (χ0) is 15.4. The Morgan fingerprint density at radius 1 is 1.57 bits per heavy atom. The van der Waals surface area contributed by atoms with Gasteiger partial charge >= 0.3 is 0 Å². The molecule has 0 amide bonds. The number of hydrogen-bond donors (Lipinski definition) is 1. The first-order valence-corrected chi connectivity index (χ1v) is 7.32. The van der Waals surface area contributed by atoms with E-state index in [-0.39, 0.29) is 5.78 Å². The Morgan fingerprint density at radius 2 is 2.33 bits per heavy atom. The molecule has 0 atom stereocenters. The number of carbonyl (C=O) groups excluding carboxylic acids is 1. The maximum atomic E-state index is 11.8. The molecule has 0 unspecified atom stereocenters. The molecule has 0 aliphatic rings. The average Bonchev–Trinajstić information content (AvgIpc) is 3.02. The fourth-order valence-electron chi connectivity index (χ4n) is 1.88. The molecule has 0 aliphatic heterocycles. The van der Waals surface area contributed by atoms with E-state index in [2.05, 4.69) is 10.1 Å².